The quantitative estimate of drug-likeness (QED) is 0.799. The number of likely N-dealkylation sites (tertiary alicyclic amines) is 1. The predicted octanol–water partition coefficient (Wildman–Crippen LogP) is 0.498. The van der Waals surface area contributed by atoms with E-state index in [0.29, 0.717) is 6.04 Å². The average molecular weight is 258 g/mol. The molecule has 0 aromatic rings. The highest BCUT2D eigenvalue weighted by atomic mass is 32.2. The Balaban J connectivity index is 1.78. The van der Waals surface area contributed by atoms with Crippen molar-refractivity contribution in [2.75, 3.05) is 25.9 Å². The Morgan fingerprint density at radius 1 is 1.35 bits per heavy atom. The Morgan fingerprint density at radius 3 is 2.65 bits per heavy atom. The third kappa shape index (κ3) is 3.28. The Bertz CT molecular complexity index is 303. The average Bonchev–Trinajstić information content (AvgIpc) is 3.00. The van der Waals surface area contributed by atoms with Crippen LogP contribution in [0.2, 0.25) is 0 Å². The van der Waals surface area contributed by atoms with Crippen molar-refractivity contribution in [3.05, 3.63) is 0 Å². The zero-order chi connectivity index (χ0) is 12.3. The molecule has 5 heteroatoms. The van der Waals surface area contributed by atoms with E-state index in [1.54, 1.807) is 0 Å². The molecule has 1 amide bonds. The third-order valence-electron chi connectivity index (χ3n) is 3.89. The zero-order valence-corrected chi connectivity index (χ0v) is 11.3. The van der Waals surface area contributed by atoms with Gasteiger partial charge in [0.25, 0.3) is 0 Å². The Morgan fingerprint density at radius 2 is 2.06 bits per heavy atom. The Kier molecular flexibility index (Phi) is 4.56. The standard InChI is InChI=1S/C12H22N2O2S/c1-13-10-4-5-11(8-10)17(16)9-12(15)14-6-2-3-7-14/h10-11,13H,2-9H2,1H3. The van der Waals surface area contributed by atoms with Gasteiger partial charge in [0, 0.05) is 35.2 Å². The van der Waals surface area contributed by atoms with E-state index >= 15 is 0 Å². The molecule has 1 N–H and O–H groups in total. The fourth-order valence-electron chi connectivity index (χ4n) is 2.74. The molecule has 1 saturated heterocycles. The number of carbonyl (C=O) groups excluding carboxylic acids is 1. The second-order valence-corrected chi connectivity index (χ2v) is 6.75. The first kappa shape index (κ1) is 13.0. The van der Waals surface area contributed by atoms with Gasteiger partial charge in [-0.2, -0.15) is 0 Å². The van der Waals surface area contributed by atoms with E-state index < -0.39 is 10.8 Å². The van der Waals surface area contributed by atoms with Crippen molar-refractivity contribution in [3.8, 4) is 0 Å². The van der Waals surface area contributed by atoms with Crippen LogP contribution in [0.5, 0.6) is 0 Å². The normalized spacial score (nSPS) is 30.8. The molecule has 1 aliphatic heterocycles. The maximum Gasteiger partial charge on any atom is 0.235 e. The number of rotatable bonds is 4. The highest BCUT2D eigenvalue weighted by Gasteiger charge is 2.30. The first-order valence-electron chi connectivity index (χ1n) is 6.53. The van der Waals surface area contributed by atoms with E-state index in [1.165, 1.54) is 0 Å². The van der Waals surface area contributed by atoms with Crippen molar-refractivity contribution in [2.24, 2.45) is 0 Å². The molecule has 2 fully saturated rings. The van der Waals surface area contributed by atoms with Crippen molar-refractivity contribution in [1.29, 1.82) is 0 Å². The minimum absolute atomic E-state index is 0.0914. The third-order valence-corrected chi connectivity index (χ3v) is 5.59. The highest BCUT2D eigenvalue weighted by molar-refractivity contribution is 7.86. The van der Waals surface area contributed by atoms with Gasteiger partial charge in [0.2, 0.25) is 5.91 Å². The van der Waals surface area contributed by atoms with Gasteiger partial charge in [0.1, 0.15) is 5.75 Å². The molecular formula is C12H22N2O2S. The summed E-state index contributed by atoms with van der Waals surface area (Å²) >= 11 is 0. The molecule has 1 heterocycles. The summed E-state index contributed by atoms with van der Waals surface area (Å²) in [5.74, 6) is 0.329. The molecule has 98 valence electrons. The van der Waals surface area contributed by atoms with Crippen molar-refractivity contribution in [3.63, 3.8) is 0 Å². The van der Waals surface area contributed by atoms with Gasteiger partial charge in [-0.05, 0) is 39.2 Å². The SMILES string of the molecule is CNC1CCC(S(=O)CC(=O)N2CCCC2)C1. The number of nitrogens with zero attached hydrogens (tertiary/aromatic N) is 1. The second-order valence-electron chi connectivity index (χ2n) is 5.03. The molecular weight excluding hydrogens is 236 g/mol. The van der Waals surface area contributed by atoms with Crippen LogP contribution >= 0.6 is 0 Å². The van der Waals surface area contributed by atoms with Gasteiger partial charge in [0.15, 0.2) is 0 Å². The van der Waals surface area contributed by atoms with Gasteiger partial charge in [-0.25, -0.2) is 0 Å². The number of carbonyl (C=O) groups is 1. The summed E-state index contributed by atoms with van der Waals surface area (Å²) in [5, 5.41) is 3.45. The van der Waals surface area contributed by atoms with Crippen molar-refractivity contribution < 1.29 is 9.00 Å². The lowest BCUT2D eigenvalue weighted by atomic mass is 10.3. The lowest BCUT2D eigenvalue weighted by molar-refractivity contribution is -0.127. The van der Waals surface area contributed by atoms with Gasteiger partial charge in [-0.3, -0.25) is 9.00 Å². The molecule has 3 atom stereocenters. The summed E-state index contributed by atoms with van der Waals surface area (Å²) in [4.78, 5) is 13.7. The molecule has 2 rings (SSSR count). The van der Waals surface area contributed by atoms with Gasteiger partial charge in [-0.1, -0.05) is 0 Å². The van der Waals surface area contributed by atoms with Crippen molar-refractivity contribution >= 4 is 16.7 Å². The van der Waals surface area contributed by atoms with Crippen molar-refractivity contribution in [2.45, 2.75) is 43.4 Å². The summed E-state index contributed by atoms with van der Waals surface area (Å²) < 4.78 is 12.1. The summed E-state index contributed by atoms with van der Waals surface area (Å²) in [6, 6.07) is 0.492. The van der Waals surface area contributed by atoms with Crippen LogP contribution < -0.4 is 5.32 Å². The first-order chi connectivity index (χ1) is 8.20. The molecule has 0 aromatic heterocycles. The van der Waals surface area contributed by atoms with Crippen LogP contribution in [0.3, 0.4) is 0 Å². The summed E-state index contributed by atoms with van der Waals surface area (Å²) in [5.41, 5.74) is 0. The van der Waals surface area contributed by atoms with Crippen LogP contribution in [0.15, 0.2) is 0 Å². The molecule has 1 saturated carbocycles. The van der Waals surface area contributed by atoms with E-state index in [1.807, 2.05) is 11.9 Å². The van der Waals surface area contributed by atoms with Crippen LogP contribution in [-0.2, 0) is 15.6 Å². The minimum atomic E-state index is -0.975. The molecule has 0 spiro atoms. The van der Waals surface area contributed by atoms with Crippen LogP contribution in [0.25, 0.3) is 0 Å². The van der Waals surface area contributed by atoms with E-state index in [4.69, 9.17) is 0 Å². The molecule has 3 unspecified atom stereocenters. The van der Waals surface area contributed by atoms with Crippen LogP contribution in [0, 0.1) is 0 Å². The largest absolute Gasteiger partial charge is 0.342 e. The van der Waals surface area contributed by atoms with Gasteiger partial charge < -0.3 is 10.2 Å². The molecule has 4 nitrogen and oxygen atoms in total. The maximum atomic E-state index is 12.1. The number of amides is 1. The lowest BCUT2D eigenvalue weighted by Crippen LogP contribution is -2.34. The summed E-state index contributed by atoms with van der Waals surface area (Å²) in [6.45, 7) is 1.72. The van der Waals surface area contributed by atoms with Crippen LogP contribution in [0.4, 0.5) is 0 Å². The predicted molar refractivity (Wildman–Crippen MR) is 69.3 cm³/mol. The van der Waals surface area contributed by atoms with E-state index in [0.717, 1.165) is 45.2 Å². The molecule has 2 aliphatic rings. The Hall–Kier alpha value is -0.420. The number of nitrogens with one attached hydrogen (secondary N) is 1. The molecule has 0 bridgehead atoms. The molecule has 17 heavy (non-hydrogen) atoms. The van der Waals surface area contributed by atoms with Gasteiger partial charge >= 0.3 is 0 Å². The van der Waals surface area contributed by atoms with Crippen LogP contribution in [-0.4, -0.2) is 52.2 Å². The second kappa shape index (κ2) is 5.96. The van der Waals surface area contributed by atoms with Crippen LogP contribution in [0.1, 0.15) is 32.1 Å². The Labute approximate surface area is 106 Å². The smallest absolute Gasteiger partial charge is 0.235 e. The topological polar surface area (TPSA) is 49.4 Å². The summed E-state index contributed by atoms with van der Waals surface area (Å²) in [7, 11) is 0.975. The van der Waals surface area contributed by atoms with E-state index in [9.17, 15) is 9.00 Å². The number of hydrogen-bond acceptors (Lipinski definition) is 3. The molecule has 0 aromatic carbocycles. The van der Waals surface area contributed by atoms with E-state index in [2.05, 4.69) is 5.32 Å². The zero-order valence-electron chi connectivity index (χ0n) is 10.5. The number of hydrogen-bond donors (Lipinski definition) is 1. The fourth-order valence-corrected chi connectivity index (χ4v) is 4.25. The lowest BCUT2D eigenvalue weighted by Gasteiger charge is -2.16. The van der Waals surface area contributed by atoms with Gasteiger partial charge in [-0.15, -0.1) is 0 Å². The van der Waals surface area contributed by atoms with E-state index in [-0.39, 0.29) is 16.9 Å². The molecule has 1 aliphatic carbocycles. The highest BCUT2D eigenvalue weighted by Crippen LogP contribution is 2.24. The molecule has 0 radical (unpaired) electrons. The fraction of sp³-hybridized carbons (Fsp3) is 0.917. The van der Waals surface area contributed by atoms with Gasteiger partial charge in [0.05, 0.1) is 0 Å². The first-order valence-corrected chi connectivity index (χ1v) is 7.91. The van der Waals surface area contributed by atoms with Crippen molar-refractivity contribution in [1.82, 2.24) is 10.2 Å². The summed E-state index contributed by atoms with van der Waals surface area (Å²) in [6.07, 6.45) is 5.24. The maximum absolute atomic E-state index is 12.1. The minimum Gasteiger partial charge on any atom is -0.342 e. The monoisotopic (exact) mass is 258 g/mol.